The molecule has 6 rings (SSSR count). The molecule has 0 radical (unpaired) electrons. The zero-order chi connectivity index (χ0) is 27.5. The second-order valence-electron chi connectivity index (χ2n) is 11.1. The number of anilines is 2. The number of imidazole rings is 1. The number of pyridine rings is 1. The number of aryl methyl sites for hydroxylation is 1. The Hall–Kier alpha value is -2.58. The Morgan fingerprint density at radius 3 is 2.69 bits per heavy atom. The number of nitrogens with one attached hydrogen (secondary N) is 1. The number of hydrogen-bond acceptors (Lipinski definition) is 10. The highest BCUT2D eigenvalue weighted by molar-refractivity contribution is 7.99. The summed E-state index contributed by atoms with van der Waals surface area (Å²) in [7, 11) is 1.97. The number of aromatic nitrogens is 7. The topological polar surface area (TPSA) is 139 Å². The molecule has 1 unspecified atom stereocenters. The highest BCUT2D eigenvalue weighted by Crippen LogP contribution is 2.50. The first-order valence-corrected chi connectivity index (χ1v) is 15.1. The number of halogens is 1. The van der Waals surface area contributed by atoms with Gasteiger partial charge in [-0.15, -0.1) is 4.72 Å². The first-order chi connectivity index (χ1) is 18.6. The Morgan fingerprint density at radius 1 is 1.18 bits per heavy atom. The molecule has 0 aromatic carbocycles. The molecule has 1 spiro atoms. The molecule has 0 aliphatic carbocycles. The van der Waals surface area contributed by atoms with E-state index in [1.165, 1.54) is 11.8 Å². The standard InChI is InChI=1S/C25H31ClN10OS2/c1-24(2,3)39(37)33-19-15-5-10-30-36(15)14-25(19)7-11-35(12-8-25)23-32-21-22(34(23)4)29-13-17(31-21)38-16-6-9-28-20(27)18(16)26/h5-6,9-10,13,19,33H,7-8,11-12,14H2,1-4H3,(H2,27,28)/t19-,39?/m1/s1. The van der Waals surface area contributed by atoms with Crippen LogP contribution in [0.1, 0.15) is 45.3 Å². The molecule has 0 bridgehead atoms. The van der Waals surface area contributed by atoms with Crippen LogP contribution in [0.4, 0.5) is 11.8 Å². The number of hydrogen-bond donors (Lipinski definition) is 2. The summed E-state index contributed by atoms with van der Waals surface area (Å²) in [5, 5.41) is 5.63. The highest BCUT2D eigenvalue weighted by atomic mass is 35.5. The van der Waals surface area contributed by atoms with Crippen LogP contribution < -0.4 is 15.4 Å². The number of nitrogens with two attached hydrogens (primary N) is 1. The molecular formula is C25H31ClN10OS2. The van der Waals surface area contributed by atoms with E-state index in [4.69, 9.17) is 27.3 Å². The van der Waals surface area contributed by atoms with Gasteiger partial charge in [-0.3, -0.25) is 9.25 Å². The summed E-state index contributed by atoms with van der Waals surface area (Å²) < 4.78 is 20.3. The van der Waals surface area contributed by atoms with Crippen molar-refractivity contribution in [1.29, 1.82) is 0 Å². The zero-order valence-electron chi connectivity index (χ0n) is 22.3. The lowest BCUT2D eigenvalue weighted by atomic mass is 9.73. The molecule has 2 aliphatic heterocycles. The Labute approximate surface area is 239 Å². The van der Waals surface area contributed by atoms with Crippen LogP contribution in [0.2, 0.25) is 5.02 Å². The van der Waals surface area contributed by atoms with E-state index in [1.54, 1.807) is 18.5 Å². The SMILES string of the molecule is Cn1c(N2CCC3(CC2)Cn2nccc2[C@H]3N[S+]([O-])C(C)(C)C)nc2nc(Sc3ccnc(N)c3Cl)cnc21. The number of piperidine rings is 1. The molecule has 4 aromatic rings. The predicted molar refractivity (Wildman–Crippen MR) is 154 cm³/mol. The molecule has 206 valence electrons. The predicted octanol–water partition coefficient (Wildman–Crippen LogP) is 3.73. The maximum absolute atomic E-state index is 13.1. The van der Waals surface area contributed by atoms with E-state index < -0.39 is 11.4 Å². The van der Waals surface area contributed by atoms with Crippen molar-refractivity contribution >= 4 is 57.8 Å². The Bertz CT molecular complexity index is 1530. The van der Waals surface area contributed by atoms with E-state index in [0.717, 1.165) is 54.7 Å². The Balaban J connectivity index is 1.22. The van der Waals surface area contributed by atoms with Crippen LogP contribution in [0.5, 0.6) is 0 Å². The van der Waals surface area contributed by atoms with Gasteiger partial charge < -0.3 is 15.2 Å². The van der Waals surface area contributed by atoms with Gasteiger partial charge >= 0.3 is 0 Å². The van der Waals surface area contributed by atoms with Crippen LogP contribution in [0, 0.1) is 5.41 Å². The van der Waals surface area contributed by atoms with Crippen molar-refractivity contribution in [2.75, 3.05) is 23.7 Å². The summed E-state index contributed by atoms with van der Waals surface area (Å²) in [6, 6.07) is 3.83. The second kappa shape index (κ2) is 9.81. The van der Waals surface area contributed by atoms with Gasteiger partial charge in [0, 0.05) is 60.7 Å². The van der Waals surface area contributed by atoms with Crippen molar-refractivity contribution in [2.45, 2.75) is 60.9 Å². The lowest BCUT2D eigenvalue weighted by Crippen LogP contribution is -2.50. The fraction of sp³-hybridized carbons (Fsp3) is 0.480. The molecule has 2 aliphatic rings. The molecule has 11 nitrogen and oxygen atoms in total. The van der Waals surface area contributed by atoms with E-state index in [0.29, 0.717) is 15.7 Å². The number of nitrogens with zero attached hydrogens (tertiary/aromatic N) is 8. The van der Waals surface area contributed by atoms with Gasteiger partial charge in [-0.1, -0.05) is 23.4 Å². The van der Waals surface area contributed by atoms with E-state index in [2.05, 4.69) is 29.4 Å². The van der Waals surface area contributed by atoms with Crippen molar-refractivity contribution in [3.05, 3.63) is 41.4 Å². The van der Waals surface area contributed by atoms with Crippen molar-refractivity contribution in [3.63, 3.8) is 0 Å². The van der Waals surface area contributed by atoms with Gasteiger partial charge in [-0.05, 0) is 45.7 Å². The fourth-order valence-corrected chi connectivity index (χ4v) is 7.34. The van der Waals surface area contributed by atoms with E-state index in [1.807, 2.05) is 44.6 Å². The third kappa shape index (κ3) is 4.73. The molecule has 4 aromatic heterocycles. The summed E-state index contributed by atoms with van der Waals surface area (Å²) in [5.41, 5.74) is 8.20. The van der Waals surface area contributed by atoms with E-state index >= 15 is 0 Å². The van der Waals surface area contributed by atoms with Crippen LogP contribution >= 0.6 is 23.4 Å². The largest absolute Gasteiger partial charge is 0.598 e. The van der Waals surface area contributed by atoms with Gasteiger partial charge in [0.15, 0.2) is 11.3 Å². The van der Waals surface area contributed by atoms with Crippen molar-refractivity contribution in [1.82, 2.24) is 39.0 Å². The van der Waals surface area contributed by atoms with E-state index in [-0.39, 0.29) is 22.0 Å². The van der Waals surface area contributed by atoms with E-state index in [9.17, 15) is 4.55 Å². The quantitative estimate of drug-likeness (QED) is 0.332. The number of nitrogen functional groups attached to an aromatic ring is 1. The first kappa shape index (κ1) is 26.6. The summed E-state index contributed by atoms with van der Waals surface area (Å²) in [6.45, 7) is 8.44. The zero-order valence-corrected chi connectivity index (χ0v) is 24.6. The molecular weight excluding hydrogens is 556 g/mol. The maximum Gasteiger partial charge on any atom is 0.209 e. The van der Waals surface area contributed by atoms with Gasteiger partial charge in [-0.2, -0.15) is 10.1 Å². The van der Waals surface area contributed by atoms with Crippen LogP contribution in [0.3, 0.4) is 0 Å². The minimum Gasteiger partial charge on any atom is -0.598 e. The molecule has 2 atom stereocenters. The summed E-state index contributed by atoms with van der Waals surface area (Å²) in [5.74, 6) is 1.12. The molecule has 14 heteroatoms. The average Bonchev–Trinajstić information content (AvgIpc) is 3.55. The van der Waals surface area contributed by atoms with Crippen LogP contribution in [-0.4, -0.2) is 56.7 Å². The summed E-state index contributed by atoms with van der Waals surface area (Å²) in [6.07, 6.45) is 7.01. The number of fused-ring (bicyclic) bond motifs is 2. The average molecular weight is 587 g/mol. The van der Waals surface area contributed by atoms with Crippen LogP contribution in [0.15, 0.2) is 40.6 Å². The lowest BCUT2D eigenvalue weighted by molar-refractivity contribution is 0.160. The van der Waals surface area contributed by atoms with Crippen molar-refractivity contribution < 1.29 is 4.55 Å². The van der Waals surface area contributed by atoms with Gasteiger partial charge in [0.05, 0.1) is 16.9 Å². The minimum atomic E-state index is -1.18. The minimum absolute atomic E-state index is 0.0142. The Morgan fingerprint density at radius 2 is 1.95 bits per heavy atom. The van der Waals surface area contributed by atoms with Crippen molar-refractivity contribution in [3.8, 4) is 0 Å². The molecule has 6 heterocycles. The molecule has 0 amide bonds. The smallest absolute Gasteiger partial charge is 0.209 e. The normalized spacial score (nSPS) is 19.6. The van der Waals surface area contributed by atoms with Gasteiger partial charge in [-0.25, -0.2) is 15.0 Å². The maximum atomic E-state index is 13.1. The van der Waals surface area contributed by atoms with Crippen molar-refractivity contribution in [2.24, 2.45) is 12.5 Å². The van der Waals surface area contributed by atoms with Crippen LogP contribution in [-0.2, 0) is 25.0 Å². The number of rotatable bonds is 5. The third-order valence-corrected chi connectivity index (χ3v) is 10.6. The molecule has 0 saturated carbocycles. The van der Waals surface area contributed by atoms with Gasteiger partial charge in [0.2, 0.25) is 5.95 Å². The first-order valence-electron chi connectivity index (χ1n) is 12.8. The molecule has 3 N–H and O–H groups in total. The Kier molecular flexibility index (Phi) is 6.70. The van der Waals surface area contributed by atoms with Gasteiger partial charge in [0.1, 0.15) is 21.6 Å². The summed E-state index contributed by atoms with van der Waals surface area (Å²) >= 11 is 6.51. The third-order valence-electron chi connectivity index (χ3n) is 7.58. The second-order valence-corrected chi connectivity index (χ2v) is 14.6. The summed E-state index contributed by atoms with van der Waals surface area (Å²) in [4.78, 5) is 21.3. The molecule has 1 fully saturated rings. The monoisotopic (exact) mass is 586 g/mol. The molecule has 1 saturated heterocycles. The van der Waals surface area contributed by atoms with Crippen LogP contribution in [0.25, 0.3) is 11.3 Å². The molecule has 39 heavy (non-hydrogen) atoms. The highest BCUT2D eigenvalue weighted by Gasteiger charge is 2.51. The lowest BCUT2D eigenvalue weighted by Gasteiger charge is -2.43. The van der Waals surface area contributed by atoms with Gasteiger partial charge in [0.25, 0.3) is 0 Å². The fourth-order valence-electron chi connectivity index (χ4n) is 5.39.